The fourth-order valence-corrected chi connectivity index (χ4v) is 1.43. The first kappa shape index (κ1) is 14.9. The second-order valence-electron chi connectivity index (χ2n) is 4.39. The van der Waals surface area contributed by atoms with Crippen molar-refractivity contribution in [3.63, 3.8) is 0 Å². The molecule has 16 heavy (non-hydrogen) atoms. The van der Waals surface area contributed by atoms with Gasteiger partial charge in [-0.25, -0.2) is 0 Å². The Morgan fingerprint density at radius 3 is 2.44 bits per heavy atom. The van der Waals surface area contributed by atoms with Crippen LogP contribution in [0.4, 0.5) is 0 Å². The van der Waals surface area contributed by atoms with Gasteiger partial charge in [-0.1, -0.05) is 13.3 Å². The molecule has 0 saturated carbocycles. The summed E-state index contributed by atoms with van der Waals surface area (Å²) in [6, 6.07) is -0.574. The first-order valence-corrected chi connectivity index (χ1v) is 5.55. The molecule has 3 N–H and O–H groups in total. The van der Waals surface area contributed by atoms with Crippen molar-refractivity contribution in [1.29, 1.82) is 0 Å². The molecule has 0 spiro atoms. The fraction of sp³-hybridized carbons (Fsp3) is 0.818. The van der Waals surface area contributed by atoms with E-state index in [0.29, 0.717) is 6.42 Å². The van der Waals surface area contributed by atoms with E-state index in [1.807, 2.05) is 6.92 Å². The van der Waals surface area contributed by atoms with E-state index in [-0.39, 0.29) is 18.4 Å². The van der Waals surface area contributed by atoms with Crippen LogP contribution in [0, 0.1) is 0 Å². The molecule has 0 rings (SSSR count). The third-order valence-electron chi connectivity index (χ3n) is 2.25. The van der Waals surface area contributed by atoms with Gasteiger partial charge in [0.2, 0.25) is 11.8 Å². The Labute approximate surface area is 96.6 Å². The highest BCUT2D eigenvalue weighted by Crippen LogP contribution is 2.09. The summed E-state index contributed by atoms with van der Waals surface area (Å²) in [5.74, 6) is -0.533. The zero-order valence-electron chi connectivity index (χ0n) is 10.5. The predicted octanol–water partition coefficient (Wildman–Crippen LogP) is 0.178. The van der Waals surface area contributed by atoms with Crippen molar-refractivity contribution >= 4 is 11.8 Å². The van der Waals surface area contributed by atoms with Gasteiger partial charge in [-0.15, -0.1) is 0 Å². The van der Waals surface area contributed by atoms with Crippen molar-refractivity contribution in [3.05, 3.63) is 0 Å². The van der Waals surface area contributed by atoms with Crippen molar-refractivity contribution in [2.24, 2.45) is 0 Å². The fourth-order valence-electron chi connectivity index (χ4n) is 1.43. The molecular formula is C11H22N2O3. The van der Waals surface area contributed by atoms with E-state index < -0.39 is 11.6 Å². The average molecular weight is 230 g/mol. The number of hydrogen-bond donors (Lipinski definition) is 3. The van der Waals surface area contributed by atoms with Crippen LogP contribution >= 0.6 is 0 Å². The minimum Gasteiger partial charge on any atom is -0.388 e. The van der Waals surface area contributed by atoms with E-state index >= 15 is 0 Å². The topological polar surface area (TPSA) is 78.4 Å². The van der Waals surface area contributed by atoms with Crippen LogP contribution in [0.25, 0.3) is 0 Å². The summed E-state index contributed by atoms with van der Waals surface area (Å²) in [4.78, 5) is 22.2. The van der Waals surface area contributed by atoms with E-state index in [4.69, 9.17) is 0 Å². The van der Waals surface area contributed by atoms with Crippen molar-refractivity contribution in [3.8, 4) is 0 Å². The molecule has 2 amide bonds. The van der Waals surface area contributed by atoms with Crippen molar-refractivity contribution in [2.45, 2.75) is 52.2 Å². The Morgan fingerprint density at radius 1 is 1.44 bits per heavy atom. The number of nitrogens with one attached hydrogen (secondary N) is 2. The minimum absolute atomic E-state index is 0.198. The molecular weight excluding hydrogens is 208 g/mol. The SMILES string of the molecule is CCCC(C)(O)CNC(=O)C(C)NC(C)=O. The molecule has 94 valence electrons. The maximum Gasteiger partial charge on any atom is 0.242 e. The van der Waals surface area contributed by atoms with E-state index in [1.54, 1.807) is 13.8 Å². The number of amides is 2. The maximum atomic E-state index is 11.5. The summed E-state index contributed by atoms with van der Waals surface area (Å²) in [6.07, 6.45) is 1.48. The number of aliphatic hydroxyl groups is 1. The average Bonchev–Trinajstić information content (AvgIpc) is 2.13. The van der Waals surface area contributed by atoms with E-state index in [1.165, 1.54) is 6.92 Å². The van der Waals surface area contributed by atoms with E-state index in [2.05, 4.69) is 10.6 Å². The molecule has 0 aromatic rings. The van der Waals surface area contributed by atoms with Crippen molar-refractivity contribution in [2.75, 3.05) is 6.54 Å². The molecule has 5 heteroatoms. The molecule has 0 heterocycles. The van der Waals surface area contributed by atoms with Gasteiger partial charge in [0.05, 0.1) is 5.60 Å². The molecule has 2 unspecified atom stereocenters. The van der Waals surface area contributed by atoms with Crippen LogP contribution in [0.3, 0.4) is 0 Å². The summed E-state index contributed by atoms with van der Waals surface area (Å²) in [5, 5.41) is 14.9. The second-order valence-corrected chi connectivity index (χ2v) is 4.39. The first-order valence-electron chi connectivity index (χ1n) is 5.55. The van der Waals surface area contributed by atoms with Gasteiger partial charge in [-0.2, -0.15) is 0 Å². The lowest BCUT2D eigenvalue weighted by atomic mass is 10.0. The maximum absolute atomic E-state index is 11.5. The van der Waals surface area contributed by atoms with Gasteiger partial charge >= 0.3 is 0 Å². The molecule has 0 aliphatic carbocycles. The summed E-state index contributed by atoms with van der Waals surface area (Å²) in [6.45, 7) is 6.81. The summed E-state index contributed by atoms with van der Waals surface area (Å²) in [5.41, 5.74) is -0.889. The van der Waals surface area contributed by atoms with Crippen LogP contribution in [-0.2, 0) is 9.59 Å². The molecule has 0 saturated heterocycles. The number of rotatable bonds is 6. The highest BCUT2D eigenvalue weighted by molar-refractivity contribution is 5.86. The van der Waals surface area contributed by atoms with Gasteiger partial charge in [0, 0.05) is 13.5 Å². The molecule has 0 radical (unpaired) electrons. The van der Waals surface area contributed by atoms with Gasteiger partial charge in [0.1, 0.15) is 6.04 Å². The lowest BCUT2D eigenvalue weighted by molar-refractivity contribution is -0.128. The first-order chi connectivity index (χ1) is 7.28. The zero-order valence-corrected chi connectivity index (χ0v) is 10.5. The van der Waals surface area contributed by atoms with Gasteiger partial charge < -0.3 is 15.7 Å². The van der Waals surface area contributed by atoms with Gasteiger partial charge in [0.25, 0.3) is 0 Å². The molecule has 0 bridgehead atoms. The number of hydrogen-bond acceptors (Lipinski definition) is 3. The molecule has 5 nitrogen and oxygen atoms in total. The lowest BCUT2D eigenvalue weighted by Gasteiger charge is -2.24. The molecule has 2 atom stereocenters. The van der Waals surface area contributed by atoms with Crippen LogP contribution in [0.5, 0.6) is 0 Å². The summed E-state index contributed by atoms with van der Waals surface area (Å²) in [7, 11) is 0. The molecule has 0 aliphatic rings. The standard InChI is InChI=1S/C11H22N2O3/c1-5-6-11(4,16)7-12-10(15)8(2)13-9(3)14/h8,16H,5-7H2,1-4H3,(H,12,15)(H,13,14). The predicted molar refractivity (Wildman–Crippen MR) is 61.8 cm³/mol. The van der Waals surface area contributed by atoms with Gasteiger partial charge in [0.15, 0.2) is 0 Å². The Hall–Kier alpha value is -1.10. The normalized spacial score (nSPS) is 16.1. The van der Waals surface area contributed by atoms with Crippen LogP contribution in [0.15, 0.2) is 0 Å². The molecule has 0 fully saturated rings. The quantitative estimate of drug-likeness (QED) is 0.609. The summed E-state index contributed by atoms with van der Waals surface area (Å²) >= 11 is 0. The second kappa shape index (κ2) is 6.48. The van der Waals surface area contributed by atoms with Gasteiger partial charge in [-0.05, 0) is 20.3 Å². The summed E-state index contributed by atoms with van der Waals surface area (Å²) < 4.78 is 0. The third kappa shape index (κ3) is 6.40. The van der Waals surface area contributed by atoms with Crippen LogP contribution < -0.4 is 10.6 Å². The number of carbonyl (C=O) groups is 2. The zero-order chi connectivity index (χ0) is 12.8. The highest BCUT2D eigenvalue weighted by Gasteiger charge is 2.21. The minimum atomic E-state index is -0.889. The van der Waals surface area contributed by atoms with Crippen LogP contribution in [0.1, 0.15) is 40.5 Å². The Bertz CT molecular complexity index is 252. The molecule has 0 aliphatic heterocycles. The smallest absolute Gasteiger partial charge is 0.242 e. The van der Waals surface area contributed by atoms with E-state index in [9.17, 15) is 14.7 Å². The largest absolute Gasteiger partial charge is 0.388 e. The third-order valence-corrected chi connectivity index (χ3v) is 2.25. The Balaban J connectivity index is 4.01. The van der Waals surface area contributed by atoms with Crippen LogP contribution in [0.2, 0.25) is 0 Å². The Morgan fingerprint density at radius 2 is 2.00 bits per heavy atom. The van der Waals surface area contributed by atoms with Crippen molar-refractivity contribution in [1.82, 2.24) is 10.6 Å². The Kier molecular flexibility index (Phi) is 6.03. The van der Waals surface area contributed by atoms with Gasteiger partial charge in [-0.3, -0.25) is 9.59 Å². The monoisotopic (exact) mass is 230 g/mol. The highest BCUT2D eigenvalue weighted by atomic mass is 16.3. The van der Waals surface area contributed by atoms with Crippen LogP contribution in [-0.4, -0.2) is 35.1 Å². The molecule has 0 aromatic carbocycles. The number of carbonyl (C=O) groups excluding carboxylic acids is 2. The van der Waals surface area contributed by atoms with Crippen molar-refractivity contribution < 1.29 is 14.7 Å². The lowest BCUT2D eigenvalue weighted by Crippen LogP contribution is -2.48. The van der Waals surface area contributed by atoms with E-state index in [0.717, 1.165) is 6.42 Å². The molecule has 0 aromatic heterocycles.